The van der Waals surface area contributed by atoms with Crippen LogP contribution in [0.5, 0.6) is 5.75 Å². The van der Waals surface area contributed by atoms with Gasteiger partial charge in [-0.1, -0.05) is 6.07 Å². The number of hydrogen-bond donors (Lipinski definition) is 1. The second-order valence-corrected chi connectivity index (χ2v) is 4.99. The first-order valence-electron chi connectivity index (χ1n) is 5.64. The van der Waals surface area contributed by atoms with Gasteiger partial charge in [-0.3, -0.25) is 0 Å². The predicted octanol–water partition coefficient (Wildman–Crippen LogP) is 2.49. The van der Waals surface area contributed by atoms with Crippen LogP contribution in [-0.2, 0) is 6.61 Å². The molecule has 0 aliphatic heterocycles. The highest BCUT2D eigenvalue weighted by Gasteiger charge is 2.09. The number of hydrogen-bond acceptors (Lipinski definition) is 5. The number of ether oxygens (including phenoxy) is 1. The van der Waals surface area contributed by atoms with Crippen LogP contribution in [0.2, 0.25) is 0 Å². The minimum absolute atomic E-state index is 0.0839. The first-order chi connectivity index (χ1) is 9.06. The Morgan fingerprint density at radius 1 is 1.47 bits per heavy atom. The zero-order valence-corrected chi connectivity index (χ0v) is 11.5. The van der Waals surface area contributed by atoms with Gasteiger partial charge in [-0.2, -0.15) is 0 Å². The number of aromatic nitrogens is 1. The molecule has 0 spiro atoms. The molecular weight excluding hydrogens is 264 g/mol. The Labute approximate surface area is 115 Å². The Bertz CT molecular complexity index is 581. The number of carbonyl (C=O) groups is 1. The van der Waals surface area contributed by atoms with Gasteiger partial charge in [0.2, 0.25) is 5.01 Å². The summed E-state index contributed by atoms with van der Waals surface area (Å²) in [7, 11) is 3.91. The molecule has 5 nitrogen and oxygen atoms in total. The molecule has 0 radical (unpaired) electrons. The van der Waals surface area contributed by atoms with Gasteiger partial charge < -0.3 is 14.7 Å². The Morgan fingerprint density at radius 2 is 2.26 bits per heavy atom. The van der Waals surface area contributed by atoms with Gasteiger partial charge in [-0.25, -0.2) is 9.78 Å². The van der Waals surface area contributed by atoms with E-state index in [0.29, 0.717) is 5.69 Å². The molecule has 1 heterocycles. The minimum atomic E-state index is -1.01. The van der Waals surface area contributed by atoms with E-state index < -0.39 is 5.97 Å². The molecule has 2 rings (SSSR count). The molecule has 2 aromatic rings. The van der Waals surface area contributed by atoms with E-state index in [9.17, 15) is 4.79 Å². The highest BCUT2D eigenvalue weighted by molar-refractivity contribution is 7.11. The van der Waals surface area contributed by atoms with Crippen molar-refractivity contribution in [1.29, 1.82) is 0 Å². The fourth-order valence-electron chi connectivity index (χ4n) is 1.48. The molecule has 1 aromatic heterocycles. The Hall–Kier alpha value is -2.08. The molecule has 0 bridgehead atoms. The van der Waals surface area contributed by atoms with Crippen molar-refractivity contribution in [2.45, 2.75) is 6.61 Å². The van der Waals surface area contributed by atoms with Crippen LogP contribution in [0.3, 0.4) is 0 Å². The number of anilines is 1. The maximum atomic E-state index is 10.7. The summed E-state index contributed by atoms with van der Waals surface area (Å²) in [6.45, 7) is 0.265. The van der Waals surface area contributed by atoms with Crippen molar-refractivity contribution < 1.29 is 14.6 Å². The number of thiazole rings is 1. The fourth-order valence-corrected chi connectivity index (χ4v) is 2.12. The van der Waals surface area contributed by atoms with Gasteiger partial charge in [-0.05, 0) is 12.1 Å². The van der Waals surface area contributed by atoms with Gasteiger partial charge in [0.15, 0.2) is 0 Å². The summed E-state index contributed by atoms with van der Waals surface area (Å²) in [5, 5.41) is 10.6. The molecule has 0 saturated carbocycles. The first-order valence-corrected chi connectivity index (χ1v) is 6.52. The van der Waals surface area contributed by atoms with Crippen molar-refractivity contribution in [3.05, 3.63) is 40.3 Å². The van der Waals surface area contributed by atoms with Crippen molar-refractivity contribution in [3.8, 4) is 5.75 Å². The molecular formula is C13H14N2O3S. The van der Waals surface area contributed by atoms with E-state index in [2.05, 4.69) is 4.98 Å². The van der Waals surface area contributed by atoms with Crippen molar-refractivity contribution in [3.63, 3.8) is 0 Å². The Balaban J connectivity index is 2.01. The normalized spacial score (nSPS) is 10.2. The third-order valence-corrected chi connectivity index (χ3v) is 3.33. The highest BCUT2D eigenvalue weighted by Crippen LogP contribution is 2.20. The molecule has 1 aromatic carbocycles. The van der Waals surface area contributed by atoms with E-state index in [4.69, 9.17) is 9.84 Å². The topological polar surface area (TPSA) is 62.7 Å². The third-order valence-electron chi connectivity index (χ3n) is 2.46. The van der Waals surface area contributed by atoms with Crippen molar-refractivity contribution in [1.82, 2.24) is 4.98 Å². The number of nitrogens with zero attached hydrogens (tertiary/aromatic N) is 2. The predicted molar refractivity (Wildman–Crippen MR) is 74.2 cm³/mol. The molecule has 0 aliphatic carbocycles. The van der Waals surface area contributed by atoms with Gasteiger partial charge in [0, 0.05) is 31.2 Å². The standard InChI is InChI=1S/C13H14N2O3S/c1-15(2)10-4-3-5-11(6-10)18-7-9-8-19-12(14-9)13(16)17/h3-6,8H,7H2,1-2H3,(H,16,17). The summed E-state index contributed by atoms with van der Waals surface area (Å²) < 4.78 is 5.60. The van der Waals surface area contributed by atoms with E-state index in [-0.39, 0.29) is 11.6 Å². The Kier molecular flexibility index (Phi) is 4.01. The summed E-state index contributed by atoms with van der Waals surface area (Å²) in [4.78, 5) is 16.7. The molecule has 0 atom stereocenters. The van der Waals surface area contributed by atoms with E-state index in [1.807, 2.05) is 43.3 Å². The van der Waals surface area contributed by atoms with Crippen LogP contribution in [0.4, 0.5) is 5.69 Å². The number of rotatable bonds is 5. The van der Waals surface area contributed by atoms with Crippen LogP contribution in [0, 0.1) is 0 Å². The van der Waals surface area contributed by atoms with Gasteiger partial charge in [0.25, 0.3) is 0 Å². The molecule has 19 heavy (non-hydrogen) atoms. The quantitative estimate of drug-likeness (QED) is 0.910. The van der Waals surface area contributed by atoms with E-state index in [1.54, 1.807) is 5.38 Å². The molecule has 1 N–H and O–H groups in total. The smallest absolute Gasteiger partial charge is 0.365 e. The first kappa shape index (κ1) is 13.4. The van der Waals surface area contributed by atoms with Gasteiger partial charge in [-0.15, -0.1) is 11.3 Å². The van der Waals surface area contributed by atoms with Crippen molar-refractivity contribution >= 4 is 23.0 Å². The Morgan fingerprint density at radius 3 is 2.89 bits per heavy atom. The van der Waals surface area contributed by atoms with Crippen molar-refractivity contribution in [2.75, 3.05) is 19.0 Å². The lowest BCUT2D eigenvalue weighted by Gasteiger charge is -2.13. The SMILES string of the molecule is CN(C)c1cccc(OCc2csc(C(=O)O)n2)c1. The van der Waals surface area contributed by atoms with Gasteiger partial charge in [0.05, 0.1) is 5.69 Å². The van der Waals surface area contributed by atoms with Crippen LogP contribution in [0.15, 0.2) is 29.6 Å². The average Bonchev–Trinajstić information content (AvgIpc) is 2.85. The summed E-state index contributed by atoms with van der Waals surface area (Å²) >= 11 is 1.10. The lowest BCUT2D eigenvalue weighted by atomic mass is 10.3. The summed E-state index contributed by atoms with van der Waals surface area (Å²) in [6.07, 6.45) is 0. The molecule has 0 aliphatic rings. The third kappa shape index (κ3) is 3.45. The van der Waals surface area contributed by atoms with Crippen molar-refractivity contribution in [2.24, 2.45) is 0 Å². The average molecular weight is 278 g/mol. The van der Waals surface area contributed by atoms with Crippen LogP contribution in [-0.4, -0.2) is 30.2 Å². The van der Waals surface area contributed by atoms with E-state index >= 15 is 0 Å². The largest absolute Gasteiger partial charge is 0.487 e. The molecule has 0 saturated heterocycles. The number of carboxylic acids is 1. The maximum Gasteiger partial charge on any atom is 0.365 e. The fraction of sp³-hybridized carbons (Fsp3) is 0.231. The second-order valence-electron chi connectivity index (χ2n) is 4.13. The number of aromatic carboxylic acids is 1. The summed E-state index contributed by atoms with van der Waals surface area (Å²) in [6, 6.07) is 7.68. The van der Waals surface area contributed by atoms with Gasteiger partial charge in [0.1, 0.15) is 12.4 Å². The van der Waals surface area contributed by atoms with Crippen LogP contribution >= 0.6 is 11.3 Å². The zero-order valence-electron chi connectivity index (χ0n) is 10.7. The lowest BCUT2D eigenvalue weighted by molar-refractivity contribution is 0.0696. The van der Waals surface area contributed by atoms with Gasteiger partial charge >= 0.3 is 5.97 Å². The summed E-state index contributed by atoms with van der Waals surface area (Å²) in [5.41, 5.74) is 1.67. The molecule has 0 fully saturated rings. The second kappa shape index (κ2) is 5.71. The number of benzene rings is 1. The summed E-state index contributed by atoms with van der Waals surface area (Å²) in [5.74, 6) is -0.276. The van der Waals surface area contributed by atoms with Crippen LogP contribution in [0.25, 0.3) is 0 Å². The van der Waals surface area contributed by atoms with Crippen LogP contribution < -0.4 is 9.64 Å². The molecule has 100 valence electrons. The minimum Gasteiger partial charge on any atom is -0.487 e. The molecule has 6 heteroatoms. The lowest BCUT2D eigenvalue weighted by Crippen LogP contribution is -2.08. The molecule has 0 unspecified atom stereocenters. The highest BCUT2D eigenvalue weighted by atomic mass is 32.1. The maximum absolute atomic E-state index is 10.7. The van der Waals surface area contributed by atoms with E-state index in [1.165, 1.54) is 0 Å². The molecule has 0 amide bonds. The monoisotopic (exact) mass is 278 g/mol. The number of carboxylic acid groups (broad SMARTS) is 1. The van der Waals surface area contributed by atoms with Crippen LogP contribution in [0.1, 0.15) is 15.5 Å². The zero-order chi connectivity index (χ0) is 13.8. The van der Waals surface area contributed by atoms with E-state index in [0.717, 1.165) is 22.8 Å².